The molecule has 0 fully saturated rings. The van der Waals surface area contributed by atoms with Crippen molar-refractivity contribution in [2.45, 2.75) is 6.54 Å². The number of aromatic hydroxyl groups is 2. The van der Waals surface area contributed by atoms with E-state index in [-0.39, 0.29) is 17.3 Å². The summed E-state index contributed by atoms with van der Waals surface area (Å²) in [6, 6.07) is 16.4. The monoisotopic (exact) mass is 366 g/mol. The molecule has 3 aromatic rings. The average Bonchev–Trinajstić information content (AvgIpc) is 3.00. The van der Waals surface area contributed by atoms with Gasteiger partial charge >= 0.3 is 5.97 Å². The molecule has 0 unspecified atom stereocenters. The van der Waals surface area contributed by atoms with Crippen LogP contribution in [0.15, 0.2) is 70.9 Å². The highest BCUT2D eigenvalue weighted by molar-refractivity contribution is 5.90. The van der Waals surface area contributed by atoms with E-state index in [9.17, 15) is 15.0 Å². The van der Waals surface area contributed by atoms with Crippen LogP contribution in [0, 0.1) is 0 Å². The normalized spacial score (nSPS) is 11.0. The van der Waals surface area contributed by atoms with Crippen LogP contribution in [0.2, 0.25) is 0 Å². The summed E-state index contributed by atoms with van der Waals surface area (Å²) < 4.78 is 0.633. The van der Waals surface area contributed by atoms with Crippen molar-refractivity contribution in [2.24, 2.45) is 10.2 Å². The van der Waals surface area contributed by atoms with Crippen LogP contribution in [-0.4, -0.2) is 28.0 Å². The van der Waals surface area contributed by atoms with Gasteiger partial charge in [-0.05, 0) is 49.0 Å². The van der Waals surface area contributed by atoms with Gasteiger partial charge in [0.1, 0.15) is 0 Å². The largest absolute Gasteiger partial charge is 0.492 e. The summed E-state index contributed by atoms with van der Waals surface area (Å²) in [5, 5.41) is 30.3. The van der Waals surface area contributed by atoms with E-state index in [1.807, 2.05) is 31.3 Å². The predicted octanol–water partition coefficient (Wildman–Crippen LogP) is 3.30. The molecule has 1 heterocycles. The molecule has 0 saturated heterocycles. The number of benzene rings is 2. The summed E-state index contributed by atoms with van der Waals surface area (Å²) in [6.45, 7) is 0.785. The van der Waals surface area contributed by atoms with E-state index in [0.29, 0.717) is 10.4 Å². The van der Waals surface area contributed by atoms with Crippen LogP contribution in [0.25, 0.3) is 0 Å². The van der Waals surface area contributed by atoms with Crippen molar-refractivity contribution >= 4 is 17.3 Å². The molecule has 3 rings (SSSR count). The number of azo groups is 1. The zero-order chi connectivity index (χ0) is 19.2. The van der Waals surface area contributed by atoms with Gasteiger partial charge in [-0.15, -0.1) is 4.73 Å². The molecular weight excluding hydrogens is 348 g/mol. The van der Waals surface area contributed by atoms with Gasteiger partial charge in [0, 0.05) is 18.7 Å². The fourth-order valence-corrected chi connectivity index (χ4v) is 2.30. The first kappa shape index (κ1) is 18.2. The lowest BCUT2D eigenvalue weighted by atomic mass is 10.2. The zero-order valence-corrected chi connectivity index (χ0v) is 14.5. The van der Waals surface area contributed by atoms with Gasteiger partial charge in [0.05, 0.1) is 16.9 Å². The van der Waals surface area contributed by atoms with Gasteiger partial charge in [-0.2, -0.15) is 10.2 Å². The molecule has 0 aliphatic rings. The van der Waals surface area contributed by atoms with Crippen molar-refractivity contribution in [1.29, 1.82) is 0 Å². The standard InChI is InChI=1S/C19H18N4O4/c1-20-12-13-2-6-15(7-3-13)21-22-16-8-4-14(5-9-16)19(26)27-23-17(24)10-11-18(23)25/h2-11,20,24-25H,12H2,1H3. The molecule has 27 heavy (non-hydrogen) atoms. The van der Waals surface area contributed by atoms with Crippen LogP contribution in [-0.2, 0) is 6.54 Å². The first-order valence-electron chi connectivity index (χ1n) is 8.14. The average molecular weight is 366 g/mol. The third kappa shape index (κ3) is 4.50. The highest BCUT2D eigenvalue weighted by Crippen LogP contribution is 2.21. The number of carbonyl (C=O) groups is 1. The lowest BCUT2D eigenvalue weighted by Crippen LogP contribution is -2.18. The minimum absolute atomic E-state index is 0.234. The fourth-order valence-electron chi connectivity index (χ4n) is 2.30. The number of rotatable bonds is 6. The number of nitrogens with one attached hydrogen (secondary N) is 1. The molecule has 0 saturated carbocycles. The first-order valence-corrected chi connectivity index (χ1v) is 8.14. The van der Waals surface area contributed by atoms with Crippen LogP contribution in [0.3, 0.4) is 0 Å². The lowest BCUT2D eigenvalue weighted by molar-refractivity contribution is 0.0382. The van der Waals surface area contributed by atoms with Crippen molar-refractivity contribution in [1.82, 2.24) is 10.0 Å². The highest BCUT2D eigenvalue weighted by atomic mass is 16.7. The predicted molar refractivity (Wildman–Crippen MR) is 98.5 cm³/mol. The number of hydrogen-bond donors (Lipinski definition) is 3. The number of carbonyl (C=O) groups excluding carboxylic acids is 1. The van der Waals surface area contributed by atoms with Gasteiger partial charge in [-0.1, -0.05) is 12.1 Å². The number of nitrogens with zero attached hydrogens (tertiary/aromatic N) is 3. The van der Waals surface area contributed by atoms with Crippen molar-refractivity contribution in [3.8, 4) is 11.8 Å². The minimum atomic E-state index is -0.736. The minimum Gasteiger partial charge on any atom is -0.492 e. The van der Waals surface area contributed by atoms with Crippen LogP contribution in [0.5, 0.6) is 11.8 Å². The lowest BCUT2D eigenvalue weighted by Gasteiger charge is -2.06. The van der Waals surface area contributed by atoms with E-state index in [0.717, 1.165) is 17.8 Å². The summed E-state index contributed by atoms with van der Waals surface area (Å²) in [4.78, 5) is 17.0. The van der Waals surface area contributed by atoms with E-state index in [1.54, 1.807) is 12.1 Å². The smallest absolute Gasteiger partial charge is 0.363 e. The molecule has 0 radical (unpaired) electrons. The van der Waals surface area contributed by atoms with Gasteiger partial charge in [-0.25, -0.2) is 4.79 Å². The summed E-state index contributed by atoms with van der Waals surface area (Å²) in [5.74, 6) is -1.50. The van der Waals surface area contributed by atoms with Crippen molar-refractivity contribution < 1.29 is 19.8 Å². The highest BCUT2D eigenvalue weighted by Gasteiger charge is 2.14. The van der Waals surface area contributed by atoms with Gasteiger partial charge < -0.3 is 20.4 Å². The first-order chi connectivity index (χ1) is 13.1. The Hall–Kier alpha value is -3.65. The van der Waals surface area contributed by atoms with Crippen LogP contribution in [0.4, 0.5) is 11.4 Å². The second-order valence-electron chi connectivity index (χ2n) is 5.67. The van der Waals surface area contributed by atoms with Crippen LogP contribution in [0.1, 0.15) is 15.9 Å². The Labute approximate surface area is 155 Å². The molecular formula is C19H18N4O4. The van der Waals surface area contributed by atoms with Crippen LogP contribution < -0.4 is 10.2 Å². The molecule has 2 aromatic carbocycles. The van der Waals surface area contributed by atoms with Gasteiger partial charge in [0.25, 0.3) is 0 Å². The molecule has 1 aromatic heterocycles. The summed E-state index contributed by atoms with van der Waals surface area (Å²) in [7, 11) is 1.89. The third-order valence-corrected chi connectivity index (χ3v) is 3.67. The molecule has 0 bridgehead atoms. The Kier molecular flexibility index (Phi) is 5.48. The molecule has 138 valence electrons. The molecule has 0 spiro atoms. The molecule has 0 aliphatic carbocycles. The second-order valence-corrected chi connectivity index (χ2v) is 5.67. The van der Waals surface area contributed by atoms with Gasteiger partial charge in [-0.3, -0.25) is 0 Å². The summed E-state index contributed by atoms with van der Waals surface area (Å²) in [5.41, 5.74) is 2.67. The van der Waals surface area contributed by atoms with E-state index in [4.69, 9.17) is 4.84 Å². The van der Waals surface area contributed by atoms with E-state index in [1.165, 1.54) is 24.3 Å². The Morgan fingerprint density at radius 1 is 0.926 bits per heavy atom. The number of aromatic nitrogens is 1. The Balaban J connectivity index is 1.65. The quantitative estimate of drug-likeness (QED) is 0.580. The Bertz CT molecular complexity index is 927. The molecule has 0 amide bonds. The molecule has 8 heteroatoms. The third-order valence-electron chi connectivity index (χ3n) is 3.67. The maximum atomic E-state index is 12.1. The second kappa shape index (κ2) is 8.15. The summed E-state index contributed by atoms with van der Waals surface area (Å²) in [6.07, 6.45) is 0. The molecule has 0 aliphatic heterocycles. The van der Waals surface area contributed by atoms with Crippen molar-refractivity contribution in [3.63, 3.8) is 0 Å². The maximum Gasteiger partial charge on any atom is 0.363 e. The van der Waals surface area contributed by atoms with E-state index in [2.05, 4.69) is 15.5 Å². The van der Waals surface area contributed by atoms with Crippen molar-refractivity contribution in [2.75, 3.05) is 7.05 Å². The van der Waals surface area contributed by atoms with Crippen LogP contribution >= 0.6 is 0 Å². The SMILES string of the molecule is CNCc1ccc(N=Nc2ccc(C(=O)On3c(O)ccc3O)cc2)cc1. The maximum absolute atomic E-state index is 12.1. The van der Waals surface area contributed by atoms with E-state index < -0.39 is 5.97 Å². The van der Waals surface area contributed by atoms with Gasteiger partial charge in [0.15, 0.2) is 0 Å². The zero-order valence-electron chi connectivity index (χ0n) is 14.5. The van der Waals surface area contributed by atoms with Crippen molar-refractivity contribution in [3.05, 3.63) is 71.8 Å². The van der Waals surface area contributed by atoms with Gasteiger partial charge in [0.2, 0.25) is 11.8 Å². The Morgan fingerprint density at radius 2 is 1.44 bits per heavy atom. The Morgan fingerprint density at radius 3 is 1.96 bits per heavy atom. The molecule has 0 atom stereocenters. The topological polar surface area (TPSA) is 108 Å². The fraction of sp³-hybridized carbons (Fsp3) is 0.105. The summed E-state index contributed by atoms with van der Waals surface area (Å²) >= 11 is 0. The molecule has 3 N–H and O–H groups in total. The number of hydrogen-bond acceptors (Lipinski definition) is 7. The van der Waals surface area contributed by atoms with E-state index >= 15 is 0 Å². The molecule has 8 nitrogen and oxygen atoms in total.